The van der Waals surface area contributed by atoms with E-state index in [2.05, 4.69) is 23.2 Å². The zero-order valence-corrected chi connectivity index (χ0v) is 19.8. The van der Waals surface area contributed by atoms with Crippen LogP contribution in [0.3, 0.4) is 0 Å². The van der Waals surface area contributed by atoms with Gasteiger partial charge in [-0.2, -0.15) is 16.9 Å². The number of carbonyl (C=O) groups excluding carboxylic acids is 1. The van der Waals surface area contributed by atoms with Crippen LogP contribution in [0.15, 0.2) is 42.5 Å². The maximum atomic E-state index is 13.4. The van der Waals surface area contributed by atoms with Gasteiger partial charge in [0.25, 0.3) is 5.91 Å². The minimum absolute atomic E-state index is 0.177. The van der Waals surface area contributed by atoms with Gasteiger partial charge in [-0.25, -0.2) is 9.07 Å². The molecule has 1 saturated heterocycles. The topological polar surface area (TPSA) is 50.2 Å². The Bertz CT molecular complexity index is 1150. The summed E-state index contributed by atoms with van der Waals surface area (Å²) in [7, 11) is 0. The van der Waals surface area contributed by atoms with Crippen LogP contribution in [0.5, 0.6) is 0 Å². The molecule has 1 aliphatic carbocycles. The average Bonchev–Trinajstić information content (AvgIpc) is 3.23. The largest absolute Gasteiger partial charge is 0.320 e. The number of anilines is 1. The number of halogens is 1. The smallest absolute Gasteiger partial charge is 0.276 e. The summed E-state index contributed by atoms with van der Waals surface area (Å²) in [4.78, 5) is 15.9. The van der Waals surface area contributed by atoms with Gasteiger partial charge in [0.15, 0.2) is 5.69 Å². The molecule has 1 aliphatic heterocycles. The molecule has 1 amide bonds. The molecule has 2 heterocycles. The molecule has 2 aliphatic rings. The van der Waals surface area contributed by atoms with Crippen LogP contribution in [-0.4, -0.2) is 45.2 Å². The summed E-state index contributed by atoms with van der Waals surface area (Å²) in [5, 5.41) is 7.84. The third-order valence-corrected chi connectivity index (χ3v) is 7.60. The average molecular weight is 465 g/mol. The summed E-state index contributed by atoms with van der Waals surface area (Å²) >= 11 is 2.01. The van der Waals surface area contributed by atoms with Gasteiger partial charge in [-0.05, 0) is 74.1 Å². The number of thioether (sulfide) groups is 1. The number of nitrogens with zero attached hydrogens (tertiary/aromatic N) is 3. The number of nitrogens with one attached hydrogen (secondary N) is 1. The molecule has 0 radical (unpaired) electrons. The van der Waals surface area contributed by atoms with Gasteiger partial charge in [-0.3, -0.25) is 9.69 Å². The van der Waals surface area contributed by atoms with Crippen LogP contribution >= 0.6 is 11.8 Å². The summed E-state index contributed by atoms with van der Waals surface area (Å²) in [5.41, 5.74) is 6.53. The predicted molar refractivity (Wildman–Crippen MR) is 132 cm³/mol. The number of fused-ring (bicyclic) bond motifs is 1. The number of rotatable bonds is 5. The molecule has 0 atom stereocenters. The molecule has 5 rings (SSSR count). The van der Waals surface area contributed by atoms with Crippen molar-refractivity contribution in [1.82, 2.24) is 14.7 Å². The molecule has 3 aromatic rings. The SMILES string of the molecule is Cc1c(CN2CCSCC2)cccc1NC(=O)c1nn(-c2ccc(F)cc2)c2c1CCCC2. The molecule has 1 aromatic heterocycles. The van der Waals surface area contributed by atoms with Crippen molar-refractivity contribution in [2.24, 2.45) is 0 Å². The number of benzene rings is 2. The quantitative estimate of drug-likeness (QED) is 0.577. The highest BCUT2D eigenvalue weighted by atomic mass is 32.2. The van der Waals surface area contributed by atoms with Crippen molar-refractivity contribution < 1.29 is 9.18 Å². The number of hydrogen-bond donors (Lipinski definition) is 1. The van der Waals surface area contributed by atoms with Gasteiger partial charge >= 0.3 is 0 Å². The minimum atomic E-state index is -0.281. The second kappa shape index (κ2) is 9.69. The second-order valence-electron chi connectivity index (χ2n) is 8.80. The van der Waals surface area contributed by atoms with E-state index in [-0.39, 0.29) is 11.7 Å². The summed E-state index contributed by atoms with van der Waals surface area (Å²) in [6.07, 6.45) is 3.82. The zero-order valence-electron chi connectivity index (χ0n) is 18.9. The maximum absolute atomic E-state index is 13.4. The Hall–Kier alpha value is -2.64. The lowest BCUT2D eigenvalue weighted by molar-refractivity contribution is 0.102. The van der Waals surface area contributed by atoms with E-state index < -0.39 is 0 Å². The molecule has 33 heavy (non-hydrogen) atoms. The van der Waals surface area contributed by atoms with Crippen LogP contribution in [-0.2, 0) is 19.4 Å². The molecule has 1 fully saturated rings. The first-order chi connectivity index (χ1) is 16.1. The number of hydrogen-bond acceptors (Lipinski definition) is 4. The van der Waals surface area contributed by atoms with Crippen molar-refractivity contribution in [3.8, 4) is 5.69 Å². The summed E-state index contributed by atoms with van der Waals surface area (Å²) in [6.45, 7) is 5.20. The number of amides is 1. The molecule has 0 unspecified atom stereocenters. The lowest BCUT2D eigenvalue weighted by Crippen LogP contribution is -2.32. The Morgan fingerprint density at radius 1 is 1.09 bits per heavy atom. The molecule has 172 valence electrons. The Morgan fingerprint density at radius 2 is 1.85 bits per heavy atom. The van der Waals surface area contributed by atoms with Crippen LogP contribution in [0.4, 0.5) is 10.1 Å². The number of aromatic nitrogens is 2. The van der Waals surface area contributed by atoms with Crippen molar-refractivity contribution >= 4 is 23.4 Å². The van der Waals surface area contributed by atoms with Gasteiger partial charge < -0.3 is 5.32 Å². The maximum Gasteiger partial charge on any atom is 0.276 e. The molecule has 0 saturated carbocycles. The lowest BCUT2D eigenvalue weighted by atomic mass is 9.95. The van der Waals surface area contributed by atoms with E-state index in [4.69, 9.17) is 5.10 Å². The van der Waals surface area contributed by atoms with Gasteiger partial charge in [-0.1, -0.05) is 12.1 Å². The van der Waals surface area contributed by atoms with E-state index in [1.807, 2.05) is 28.6 Å². The van der Waals surface area contributed by atoms with E-state index >= 15 is 0 Å². The first-order valence-electron chi connectivity index (χ1n) is 11.7. The Balaban J connectivity index is 1.41. The van der Waals surface area contributed by atoms with E-state index in [1.54, 1.807) is 12.1 Å². The first-order valence-corrected chi connectivity index (χ1v) is 12.8. The van der Waals surface area contributed by atoms with Gasteiger partial charge in [0, 0.05) is 48.1 Å². The van der Waals surface area contributed by atoms with Crippen LogP contribution in [0.2, 0.25) is 0 Å². The van der Waals surface area contributed by atoms with Crippen molar-refractivity contribution in [2.75, 3.05) is 29.9 Å². The van der Waals surface area contributed by atoms with Gasteiger partial charge in [0.1, 0.15) is 5.82 Å². The Morgan fingerprint density at radius 3 is 2.64 bits per heavy atom. The number of carbonyl (C=O) groups is 1. The van der Waals surface area contributed by atoms with Gasteiger partial charge in [0.05, 0.1) is 5.69 Å². The first kappa shape index (κ1) is 22.2. The standard InChI is InChI=1S/C26H29FN4OS/c1-18-19(17-30-13-15-33-16-14-30)5-4-7-23(18)28-26(32)25-22-6-2-3-8-24(22)31(29-25)21-11-9-20(27)10-12-21/h4-5,7,9-12H,2-3,6,8,13-17H2,1H3,(H,28,32). The zero-order chi connectivity index (χ0) is 22.8. The van der Waals surface area contributed by atoms with E-state index in [9.17, 15) is 9.18 Å². The monoisotopic (exact) mass is 464 g/mol. The van der Waals surface area contributed by atoms with E-state index in [1.165, 1.54) is 29.2 Å². The van der Waals surface area contributed by atoms with Crippen molar-refractivity contribution in [2.45, 2.75) is 39.2 Å². The van der Waals surface area contributed by atoms with Crippen LogP contribution < -0.4 is 5.32 Å². The highest BCUT2D eigenvalue weighted by Crippen LogP contribution is 2.29. The van der Waals surface area contributed by atoms with E-state index in [0.29, 0.717) is 5.69 Å². The van der Waals surface area contributed by atoms with Crippen molar-refractivity contribution in [3.63, 3.8) is 0 Å². The van der Waals surface area contributed by atoms with Crippen molar-refractivity contribution in [3.05, 3.63) is 76.4 Å². The Labute approximate surface area is 198 Å². The fraction of sp³-hybridized carbons (Fsp3) is 0.385. The molecule has 5 nitrogen and oxygen atoms in total. The van der Waals surface area contributed by atoms with E-state index in [0.717, 1.165) is 73.5 Å². The lowest BCUT2D eigenvalue weighted by Gasteiger charge is -2.27. The molecular formula is C26H29FN4OS. The highest BCUT2D eigenvalue weighted by molar-refractivity contribution is 7.99. The van der Waals surface area contributed by atoms with Crippen LogP contribution in [0, 0.1) is 12.7 Å². The van der Waals surface area contributed by atoms with Gasteiger partial charge in [-0.15, -0.1) is 0 Å². The molecule has 2 aromatic carbocycles. The Kier molecular flexibility index (Phi) is 6.51. The summed E-state index contributed by atoms with van der Waals surface area (Å²) in [6, 6.07) is 12.4. The van der Waals surface area contributed by atoms with Crippen LogP contribution in [0.25, 0.3) is 5.69 Å². The fourth-order valence-electron chi connectivity index (χ4n) is 4.75. The van der Waals surface area contributed by atoms with Gasteiger partial charge in [0.2, 0.25) is 0 Å². The predicted octanol–water partition coefficient (Wildman–Crippen LogP) is 5.00. The summed E-state index contributed by atoms with van der Waals surface area (Å²) in [5.74, 6) is 1.90. The summed E-state index contributed by atoms with van der Waals surface area (Å²) < 4.78 is 15.3. The fourth-order valence-corrected chi connectivity index (χ4v) is 5.73. The van der Waals surface area contributed by atoms with Crippen LogP contribution in [0.1, 0.15) is 45.7 Å². The third-order valence-electron chi connectivity index (χ3n) is 6.66. The highest BCUT2D eigenvalue weighted by Gasteiger charge is 2.26. The molecular weight excluding hydrogens is 435 g/mol. The van der Waals surface area contributed by atoms with Crippen molar-refractivity contribution in [1.29, 1.82) is 0 Å². The molecule has 7 heteroatoms. The normalized spacial score (nSPS) is 16.4. The molecule has 1 N–H and O–H groups in total. The molecule has 0 bridgehead atoms. The minimum Gasteiger partial charge on any atom is -0.320 e. The third kappa shape index (κ3) is 4.70. The molecule has 0 spiro atoms. The second-order valence-corrected chi connectivity index (χ2v) is 10.0.